The van der Waals surface area contributed by atoms with Crippen molar-refractivity contribution >= 4 is 11.6 Å². The summed E-state index contributed by atoms with van der Waals surface area (Å²) in [7, 11) is 0. The molecule has 0 radical (unpaired) electrons. The minimum Gasteiger partial charge on any atom is -0.399 e. The van der Waals surface area contributed by atoms with Gasteiger partial charge in [-0.15, -0.1) is 0 Å². The second-order valence-electron chi connectivity index (χ2n) is 5.35. The number of nitrogens with two attached hydrogens (primary N) is 1. The number of nitrogen functional groups attached to an aromatic ring is 1. The molecule has 2 N–H and O–H groups in total. The van der Waals surface area contributed by atoms with Gasteiger partial charge in [-0.1, -0.05) is 12.1 Å². The maximum Gasteiger partial charge on any atom is 0.227 e. The molecule has 1 aliphatic rings. The second kappa shape index (κ2) is 5.42. The number of carbonyl (C=O) groups is 1. The first kappa shape index (κ1) is 12.9. The third kappa shape index (κ3) is 2.84. The summed E-state index contributed by atoms with van der Waals surface area (Å²) in [6.45, 7) is 4.29. The molecule has 3 nitrogen and oxygen atoms in total. The number of likely N-dealkylation sites (tertiary alicyclic amines) is 1. The van der Waals surface area contributed by atoms with Crippen LogP contribution < -0.4 is 5.73 Å². The third-order valence-electron chi connectivity index (χ3n) is 3.79. The van der Waals surface area contributed by atoms with Crippen LogP contribution >= 0.6 is 0 Å². The summed E-state index contributed by atoms with van der Waals surface area (Å²) in [5.74, 6) is 0.223. The fraction of sp³-hybridized carbons (Fsp3) is 0.533. The van der Waals surface area contributed by atoms with Gasteiger partial charge in [-0.2, -0.15) is 0 Å². The van der Waals surface area contributed by atoms with E-state index in [9.17, 15) is 4.79 Å². The van der Waals surface area contributed by atoms with Crippen LogP contribution in [-0.4, -0.2) is 22.9 Å². The Morgan fingerprint density at radius 2 is 2.00 bits per heavy atom. The lowest BCUT2D eigenvalue weighted by molar-refractivity contribution is -0.136. The van der Waals surface area contributed by atoms with E-state index in [0.29, 0.717) is 18.5 Å². The highest BCUT2D eigenvalue weighted by Crippen LogP contribution is 2.23. The standard InChI is InChI=1S/C15H22N2O/c1-11-5-3-6-12(2)17(11)15(18)10-13-7-4-8-14(16)9-13/h4,7-9,11-12H,3,5-6,10,16H2,1-2H3/t11-,12+. The van der Waals surface area contributed by atoms with Gasteiger partial charge in [0.15, 0.2) is 0 Å². The molecule has 1 aromatic rings. The summed E-state index contributed by atoms with van der Waals surface area (Å²) in [5.41, 5.74) is 7.47. The van der Waals surface area contributed by atoms with Crippen LogP contribution in [0.3, 0.4) is 0 Å². The minimum atomic E-state index is 0.223. The Kier molecular flexibility index (Phi) is 3.90. The number of carbonyl (C=O) groups excluding carboxylic acids is 1. The van der Waals surface area contributed by atoms with Crippen molar-refractivity contribution in [2.24, 2.45) is 0 Å². The normalized spacial score (nSPS) is 24.0. The molecule has 18 heavy (non-hydrogen) atoms. The molecule has 1 aliphatic heterocycles. The molecule has 1 saturated heterocycles. The van der Waals surface area contributed by atoms with E-state index in [0.717, 1.165) is 24.1 Å². The highest BCUT2D eigenvalue weighted by atomic mass is 16.2. The van der Waals surface area contributed by atoms with E-state index < -0.39 is 0 Å². The summed E-state index contributed by atoms with van der Waals surface area (Å²) < 4.78 is 0. The smallest absolute Gasteiger partial charge is 0.227 e. The molecule has 0 aromatic heterocycles. The van der Waals surface area contributed by atoms with Gasteiger partial charge in [0.25, 0.3) is 0 Å². The Bertz CT molecular complexity index is 420. The third-order valence-corrected chi connectivity index (χ3v) is 3.79. The van der Waals surface area contributed by atoms with Gasteiger partial charge in [0.05, 0.1) is 6.42 Å². The van der Waals surface area contributed by atoms with Crippen molar-refractivity contribution < 1.29 is 4.79 Å². The SMILES string of the molecule is C[C@@H]1CCC[C@H](C)N1C(=O)Cc1cccc(N)c1. The lowest BCUT2D eigenvalue weighted by atomic mass is 9.96. The van der Waals surface area contributed by atoms with Crippen molar-refractivity contribution in [2.45, 2.75) is 51.6 Å². The molecule has 1 fully saturated rings. The number of benzene rings is 1. The molecule has 1 heterocycles. The van der Waals surface area contributed by atoms with E-state index >= 15 is 0 Å². The molecular formula is C15H22N2O. The molecule has 2 rings (SSSR count). The van der Waals surface area contributed by atoms with E-state index in [1.165, 1.54) is 6.42 Å². The van der Waals surface area contributed by atoms with Gasteiger partial charge < -0.3 is 10.6 Å². The number of anilines is 1. The predicted molar refractivity (Wildman–Crippen MR) is 74.2 cm³/mol. The van der Waals surface area contributed by atoms with Crippen LogP contribution in [0.1, 0.15) is 38.7 Å². The van der Waals surface area contributed by atoms with E-state index in [1.54, 1.807) is 0 Å². The van der Waals surface area contributed by atoms with Gasteiger partial charge in [-0.25, -0.2) is 0 Å². The lowest BCUT2D eigenvalue weighted by Gasteiger charge is -2.39. The fourth-order valence-corrected chi connectivity index (χ4v) is 2.88. The Balaban J connectivity index is 2.07. The average molecular weight is 246 g/mol. The van der Waals surface area contributed by atoms with Crippen molar-refractivity contribution in [3.63, 3.8) is 0 Å². The van der Waals surface area contributed by atoms with Crippen LogP contribution in [0.25, 0.3) is 0 Å². The first-order valence-electron chi connectivity index (χ1n) is 6.73. The first-order chi connectivity index (χ1) is 8.58. The molecular weight excluding hydrogens is 224 g/mol. The highest BCUT2D eigenvalue weighted by molar-refractivity contribution is 5.79. The fourth-order valence-electron chi connectivity index (χ4n) is 2.88. The number of rotatable bonds is 2. The number of hydrogen-bond acceptors (Lipinski definition) is 2. The molecule has 0 unspecified atom stereocenters. The van der Waals surface area contributed by atoms with Crippen LogP contribution in [0.15, 0.2) is 24.3 Å². The Morgan fingerprint density at radius 1 is 1.33 bits per heavy atom. The number of amides is 1. The molecule has 3 heteroatoms. The Morgan fingerprint density at radius 3 is 2.61 bits per heavy atom. The van der Waals surface area contributed by atoms with Crippen LogP contribution in [-0.2, 0) is 11.2 Å². The summed E-state index contributed by atoms with van der Waals surface area (Å²) in [6, 6.07) is 8.33. The van der Waals surface area contributed by atoms with Gasteiger partial charge >= 0.3 is 0 Å². The summed E-state index contributed by atoms with van der Waals surface area (Å²) in [5, 5.41) is 0. The van der Waals surface area contributed by atoms with Gasteiger partial charge in [0.2, 0.25) is 5.91 Å². The number of nitrogens with zero attached hydrogens (tertiary/aromatic N) is 1. The van der Waals surface area contributed by atoms with Crippen molar-refractivity contribution in [1.82, 2.24) is 4.90 Å². The molecule has 2 atom stereocenters. The van der Waals surface area contributed by atoms with E-state index in [1.807, 2.05) is 29.2 Å². The topological polar surface area (TPSA) is 46.3 Å². The lowest BCUT2D eigenvalue weighted by Crippen LogP contribution is -2.48. The van der Waals surface area contributed by atoms with E-state index in [-0.39, 0.29) is 5.91 Å². The van der Waals surface area contributed by atoms with Gasteiger partial charge in [-0.3, -0.25) is 4.79 Å². The number of hydrogen-bond donors (Lipinski definition) is 1. The Hall–Kier alpha value is -1.51. The van der Waals surface area contributed by atoms with Crippen LogP contribution in [0.4, 0.5) is 5.69 Å². The quantitative estimate of drug-likeness (QED) is 0.815. The molecule has 98 valence electrons. The van der Waals surface area contributed by atoms with Crippen molar-refractivity contribution in [1.29, 1.82) is 0 Å². The average Bonchev–Trinajstić information content (AvgIpc) is 2.28. The Labute approximate surface area is 109 Å². The molecule has 0 aliphatic carbocycles. The maximum atomic E-state index is 12.4. The molecule has 0 spiro atoms. The van der Waals surface area contributed by atoms with Crippen LogP contribution in [0.5, 0.6) is 0 Å². The van der Waals surface area contributed by atoms with Crippen LogP contribution in [0.2, 0.25) is 0 Å². The molecule has 0 bridgehead atoms. The maximum absolute atomic E-state index is 12.4. The van der Waals surface area contributed by atoms with Gasteiger partial charge in [0, 0.05) is 17.8 Å². The highest BCUT2D eigenvalue weighted by Gasteiger charge is 2.28. The van der Waals surface area contributed by atoms with Crippen LogP contribution in [0, 0.1) is 0 Å². The zero-order valence-corrected chi connectivity index (χ0v) is 11.2. The largest absolute Gasteiger partial charge is 0.399 e. The van der Waals surface area contributed by atoms with Gasteiger partial charge in [0.1, 0.15) is 0 Å². The van der Waals surface area contributed by atoms with Crippen molar-refractivity contribution in [2.75, 3.05) is 5.73 Å². The summed E-state index contributed by atoms with van der Waals surface area (Å²) in [4.78, 5) is 14.4. The summed E-state index contributed by atoms with van der Waals surface area (Å²) in [6.07, 6.45) is 3.92. The molecule has 0 saturated carbocycles. The predicted octanol–water partition coefficient (Wildman–Crippen LogP) is 2.60. The van der Waals surface area contributed by atoms with E-state index in [2.05, 4.69) is 13.8 Å². The number of piperidine rings is 1. The molecule has 1 aromatic carbocycles. The monoisotopic (exact) mass is 246 g/mol. The summed E-state index contributed by atoms with van der Waals surface area (Å²) >= 11 is 0. The first-order valence-corrected chi connectivity index (χ1v) is 6.73. The molecule has 1 amide bonds. The second-order valence-corrected chi connectivity index (χ2v) is 5.35. The zero-order valence-electron chi connectivity index (χ0n) is 11.2. The van der Waals surface area contributed by atoms with Crippen molar-refractivity contribution in [3.8, 4) is 0 Å². The van der Waals surface area contributed by atoms with Crippen molar-refractivity contribution in [3.05, 3.63) is 29.8 Å². The minimum absolute atomic E-state index is 0.223. The van der Waals surface area contributed by atoms with Gasteiger partial charge in [-0.05, 0) is 50.8 Å². The van der Waals surface area contributed by atoms with E-state index in [4.69, 9.17) is 5.73 Å². The zero-order chi connectivity index (χ0) is 13.1.